The molecule has 0 aliphatic heterocycles. The lowest BCUT2D eigenvalue weighted by Gasteiger charge is -2.27. The Morgan fingerprint density at radius 2 is 1.88 bits per heavy atom. The van der Waals surface area contributed by atoms with Gasteiger partial charge in [-0.3, -0.25) is 0 Å². The van der Waals surface area contributed by atoms with Gasteiger partial charge < -0.3 is 5.32 Å². The molecule has 0 aliphatic rings. The van der Waals surface area contributed by atoms with E-state index in [1.807, 2.05) is 13.1 Å². The second kappa shape index (κ2) is 5.78. The van der Waals surface area contributed by atoms with E-state index in [1.54, 1.807) is 6.07 Å². The third-order valence-corrected chi connectivity index (χ3v) is 3.53. The Morgan fingerprint density at radius 1 is 1.25 bits per heavy atom. The molecule has 1 nitrogen and oxygen atoms in total. The molecule has 90 valence electrons. The van der Waals surface area contributed by atoms with Crippen molar-refractivity contribution in [3.8, 4) is 0 Å². The zero-order valence-electron chi connectivity index (χ0n) is 10.2. The summed E-state index contributed by atoms with van der Waals surface area (Å²) in [6.07, 6.45) is 0. The van der Waals surface area contributed by atoms with Crippen LogP contribution < -0.4 is 5.32 Å². The third-order valence-electron chi connectivity index (χ3n) is 3.04. The van der Waals surface area contributed by atoms with Crippen LogP contribution in [0.4, 0.5) is 4.39 Å². The van der Waals surface area contributed by atoms with Crippen molar-refractivity contribution >= 4 is 15.9 Å². The second-order valence-electron chi connectivity index (χ2n) is 4.51. The fraction of sp³-hybridized carbons (Fsp3) is 0.538. The largest absolute Gasteiger partial charge is 0.316 e. The average Bonchev–Trinajstić information content (AvgIpc) is 2.22. The molecule has 2 atom stereocenters. The Morgan fingerprint density at radius 3 is 2.38 bits per heavy atom. The first-order valence-electron chi connectivity index (χ1n) is 5.59. The normalized spacial score (nSPS) is 15.2. The number of hydrogen-bond donors (Lipinski definition) is 1. The van der Waals surface area contributed by atoms with Gasteiger partial charge in [0, 0.05) is 10.5 Å². The standard InChI is InChI=1S/C13H19BrFN/c1-8(2)13(16-4)9(3)11-7-10(14)5-6-12(11)15/h5-9,13,16H,1-4H3. The minimum absolute atomic E-state index is 0.128. The van der Waals surface area contributed by atoms with Gasteiger partial charge in [-0.2, -0.15) is 0 Å². The molecule has 3 heteroatoms. The highest BCUT2D eigenvalue weighted by atomic mass is 79.9. The lowest BCUT2D eigenvalue weighted by atomic mass is 9.86. The quantitative estimate of drug-likeness (QED) is 0.885. The van der Waals surface area contributed by atoms with Crippen LogP contribution in [0.25, 0.3) is 0 Å². The van der Waals surface area contributed by atoms with E-state index in [2.05, 4.69) is 42.0 Å². The summed E-state index contributed by atoms with van der Waals surface area (Å²) in [7, 11) is 1.93. The number of likely N-dealkylation sites (N-methyl/N-ethyl adjacent to an activating group) is 1. The predicted octanol–water partition coefficient (Wildman–Crippen LogP) is 3.94. The molecule has 0 fully saturated rings. The molecule has 0 saturated carbocycles. The molecule has 2 unspecified atom stereocenters. The molecule has 0 spiro atoms. The Labute approximate surface area is 106 Å². The summed E-state index contributed by atoms with van der Waals surface area (Å²) in [5, 5.41) is 3.26. The van der Waals surface area contributed by atoms with Crippen LogP contribution in [0.3, 0.4) is 0 Å². The second-order valence-corrected chi connectivity index (χ2v) is 5.43. The van der Waals surface area contributed by atoms with Crippen LogP contribution in [0.15, 0.2) is 22.7 Å². The van der Waals surface area contributed by atoms with Gasteiger partial charge in [-0.1, -0.05) is 36.7 Å². The van der Waals surface area contributed by atoms with Crippen molar-refractivity contribution in [2.45, 2.75) is 32.7 Å². The monoisotopic (exact) mass is 287 g/mol. The molecule has 0 radical (unpaired) electrons. The van der Waals surface area contributed by atoms with Gasteiger partial charge in [0.05, 0.1) is 0 Å². The van der Waals surface area contributed by atoms with Gasteiger partial charge in [0.25, 0.3) is 0 Å². The fourth-order valence-corrected chi connectivity index (χ4v) is 2.60. The van der Waals surface area contributed by atoms with Crippen LogP contribution >= 0.6 is 15.9 Å². The van der Waals surface area contributed by atoms with E-state index in [0.717, 1.165) is 10.0 Å². The summed E-state index contributed by atoms with van der Waals surface area (Å²) in [6.45, 7) is 6.35. The molecule has 1 aromatic carbocycles. The van der Waals surface area contributed by atoms with Crippen molar-refractivity contribution in [3.05, 3.63) is 34.1 Å². The summed E-state index contributed by atoms with van der Waals surface area (Å²) in [5.74, 6) is 0.498. The summed E-state index contributed by atoms with van der Waals surface area (Å²) in [4.78, 5) is 0. The van der Waals surface area contributed by atoms with E-state index in [9.17, 15) is 4.39 Å². The van der Waals surface area contributed by atoms with Gasteiger partial charge in [0.2, 0.25) is 0 Å². The Bertz CT molecular complexity index is 352. The smallest absolute Gasteiger partial charge is 0.126 e. The number of halogens is 2. The lowest BCUT2D eigenvalue weighted by molar-refractivity contribution is 0.369. The summed E-state index contributed by atoms with van der Waals surface area (Å²) >= 11 is 3.39. The molecule has 0 saturated heterocycles. The molecule has 1 rings (SSSR count). The highest BCUT2D eigenvalue weighted by molar-refractivity contribution is 9.10. The van der Waals surface area contributed by atoms with E-state index >= 15 is 0 Å². The molecule has 0 bridgehead atoms. The van der Waals surface area contributed by atoms with Gasteiger partial charge in [-0.25, -0.2) is 4.39 Å². The van der Waals surface area contributed by atoms with Gasteiger partial charge in [0.1, 0.15) is 5.82 Å². The highest BCUT2D eigenvalue weighted by Gasteiger charge is 2.22. The summed E-state index contributed by atoms with van der Waals surface area (Å²) in [6, 6.07) is 5.40. The van der Waals surface area contributed by atoms with Crippen molar-refractivity contribution < 1.29 is 4.39 Å². The maximum atomic E-state index is 13.7. The van der Waals surface area contributed by atoms with E-state index < -0.39 is 0 Å². The first kappa shape index (κ1) is 13.7. The van der Waals surface area contributed by atoms with Crippen molar-refractivity contribution in [1.82, 2.24) is 5.32 Å². The van der Waals surface area contributed by atoms with Gasteiger partial charge in [-0.05, 0) is 42.6 Å². The zero-order valence-corrected chi connectivity index (χ0v) is 11.8. The van der Waals surface area contributed by atoms with Gasteiger partial charge in [0.15, 0.2) is 0 Å². The highest BCUT2D eigenvalue weighted by Crippen LogP contribution is 2.28. The zero-order chi connectivity index (χ0) is 12.3. The molecular formula is C13H19BrFN. The van der Waals surface area contributed by atoms with Crippen LogP contribution in [-0.2, 0) is 0 Å². The number of benzene rings is 1. The molecule has 0 aliphatic carbocycles. The van der Waals surface area contributed by atoms with Crippen molar-refractivity contribution in [3.63, 3.8) is 0 Å². The van der Waals surface area contributed by atoms with Crippen LogP contribution in [0.1, 0.15) is 32.3 Å². The van der Waals surface area contributed by atoms with E-state index in [0.29, 0.717) is 5.92 Å². The number of hydrogen-bond acceptors (Lipinski definition) is 1. The fourth-order valence-electron chi connectivity index (χ4n) is 2.22. The Hall–Kier alpha value is -0.410. The first-order valence-corrected chi connectivity index (χ1v) is 6.39. The van der Waals surface area contributed by atoms with Crippen molar-refractivity contribution in [2.24, 2.45) is 5.92 Å². The molecule has 16 heavy (non-hydrogen) atoms. The minimum Gasteiger partial charge on any atom is -0.316 e. The number of nitrogens with one attached hydrogen (secondary N) is 1. The van der Waals surface area contributed by atoms with Crippen LogP contribution in [-0.4, -0.2) is 13.1 Å². The van der Waals surface area contributed by atoms with Crippen molar-refractivity contribution in [1.29, 1.82) is 0 Å². The molecule has 0 heterocycles. The maximum absolute atomic E-state index is 13.7. The Balaban J connectivity index is 3.02. The van der Waals surface area contributed by atoms with Gasteiger partial charge >= 0.3 is 0 Å². The molecule has 1 N–H and O–H groups in total. The van der Waals surface area contributed by atoms with E-state index in [-0.39, 0.29) is 17.8 Å². The average molecular weight is 288 g/mol. The third kappa shape index (κ3) is 3.05. The lowest BCUT2D eigenvalue weighted by Crippen LogP contribution is -2.35. The molecular weight excluding hydrogens is 269 g/mol. The molecule has 0 aromatic heterocycles. The topological polar surface area (TPSA) is 12.0 Å². The minimum atomic E-state index is -0.128. The van der Waals surface area contributed by atoms with Crippen LogP contribution in [0.5, 0.6) is 0 Å². The van der Waals surface area contributed by atoms with Gasteiger partial charge in [-0.15, -0.1) is 0 Å². The van der Waals surface area contributed by atoms with E-state index in [4.69, 9.17) is 0 Å². The summed E-state index contributed by atoms with van der Waals surface area (Å²) < 4.78 is 14.7. The molecule has 0 amide bonds. The maximum Gasteiger partial charge on any atom is 0.126 e. The SMILES string of the molecule is CNC(C(C)C)C(C)c1cc(Br)ccc1F. The summed E-state index contributed by atoms with van der Waals surface area (Å²) in [5.41, 5.74) is 0.766. The Kier molecular flexibility index (Phi) is 4.93. The number of rotatable bonds is 4. The molecule has 1 aromatic rings. The first-order chi connectivity index (χ1) is 7.47. The van der Waals surface area contributed by atoms with Crippen molar-refractivity contribution in [2.75, 3.05) is 7.05 Å². The van der Waals surface area contributed by atoms with E-state index in [1.165, 1.54) is 6.07 Å². The van der Waals surface area contributed by atoms with Crippen LogP contribution in [0.2, 0.25) is 0 Å². The predicted molar refractivity (Wildman–Crippen MR) is 70.2 cm³/mol. The van der Waals surface area contributed by atoms with Crippen LogP contribution in [0, 0.1) is 11.7 Å².